The first-order valence-electron chi connectivity index (χ1n) is 4.11. The molecule has 5 heteroatoms. The molecule has 0 aliphatic rings. The molecule has 4 N–H and O–H groups in total. The van der Waals surface area contributed by atoms with Crippen molar-refractivity contribution in [3.8, 4) is 5.75 Å². The summed E-state index contributed by atoms with van der Waals surface area (Å²) in [6.45, 7) is 0.275. The number of oxime groups is 1. The number of amidine groups is 1. The minimum Gasteiger partial charge on any atom is -0.495 e. The van der Waals surface area contributed by atoms with Crippen LogP contribution in [0.4, 0.5) is 5.69 Å². The zero-order chi connectivity index (χ0) is 10.4. The Morgan fingerprint density at radius 2 is 2.29 bits per heavy atom. The zero-order valence-corrected chi connectivity index (χ0v) is 7.90. The van der Waals surface area contributed by atoms with Crippen LogP contribution in [0, 0.1) is 0 Å². The number of benzene rings is 1. The Balaban J connectivity index is 2.66. The number of nitrogens with zero attached hydrogens (tertiary/aromatic N) is 1. The fourth-order valence-corrected chi connectivity index (χ4v) is 1.01. The average molecular weight is 195 g/mol. The summed E-state index contributed by atoms with van der Waals surface area (Å²) in [6.07, 6.45) is 0. The summed E-state index contributed by atoms with van der Waals surface area (Å²) in [5.74, 6) is 0.842. The first-order chi connectivity index (χ1) is 6.77. The molecule has 0 heterocycles. The van der Waals surface area contributed by atoms with Gasteiger partial charge in [-0.05, 0) is 12.1 Å². The van der Waals surface area contributed by atoms with Gasteiger partial charge in [0.2, 0.25) is 0 Å². The third-order valence-corrected chi connectivity index (χ3v) is 1.70. The smallest absolute Gasteiger partial charge is 0.158 e. The van der Waals surface area contributed by atoms with Crippen LogP contribution in [0.3, 0.4) is 0 Å². The number of rotatable bonds is 4. The van der Waals surface area contributed by atoms with Crippen molar-refractivity contribution >= 4 is 11.5 Å². The van der Waals surface area contributed by atoms with Gasteiger partial charge in [0.15, 0.2) is 5.84 Å². The minimum atomic E-state index is 0.121. The van der Waals surface area contributed by atoms with E-state index in [9.17, 15) is 0 Å². The Hall–Kier alpha value is -1.91. The average Bonchev–Trinajstić information content (AvgIpc) is 2.26. The molecule has 0 bridgehead atoms. The van der Waals surface area contributed by atoms with Gasteiger partial charge in [-0.15, -0.1) is 0 Å². The molecule has 0 amide bonds. The van der Waals surface area contributed by atoms with Gasteiger partial charge in [-0.1, -0.05) is 17.3 Å². The van der Waals surface area contributed by atoms with E-state index in [1.807, 2.05) is 24.3 Å². The van der Waals surface area contributed by atoms with E-state index in [-0.39, 0.29) is 12.4 Å². The van der Waals surface area contributed by atoms with Crippen LogP contribution in [0.15, 0.2) is 29.4 Å². The maximum atomic E-state index is 8.33. The Kier molecular flexibility index (Phi) is 3.60. The molecular formula is C9H13N3O2. The molecule has 0 atom stereocenters. The molecule has 0 aliphatic carbocycles. The molecule has 0 saturated carbocycles. The highest BCUT2D eigenvalue weighted by atomic mass is 16.5. The number of nitrogens with one attached hydrogen (secondary N) is 1. The van der Waals surface area contributed by atoms with E-state index in [4.69, 9.17) is 15.7 Å². The van der Waals surface area contributed by atoms with Gasteiger partial charge >= 0.3 is 0 Å². The highest BCUT2D eigenvalue weighted by Crippen LogP contribution is 2.22. The van der Waals surface area contributed by atoms with E-state index in [0.29, 0.717) is 0 Å². The number of ether oxygens (including phenoxy) is 1. The van der Waals surface area contributed by atoms with Crippen LogP contribution in [0.2, 0.25) is 0 Å². The van der Waals surface area contributed by atoms with Crippen molar-refractivity contribution in [2.45, 2.75) is 0 Å². The quantitative estimate of drug-likeness (QED) is 0.288. The van der Waals surface area contributed by atoms with Crippen LogP contribution in [-0.4, -0.2) is 24.7 Å². The van der Waals surface area contributed by atoms with E-state index in [2.05, 4.69) is 10.5 Å². The predicted octanol–water partition coefficient (Wildman–Crippen LogP) is 0.853. The molecule has 5 nitrogen and oxygen atoms in total. The van der Waals surface area contributed by atoms with Gasteiger partial charge in [-0.25, -0.2) is 0 Å². The zero-order valence-electron chi connectivity index (χ0n) is 7.90. The van der Waals surface area contributed by atoms with Crippen LogP contribution >= 0.6 is 0 Å². The van der Waals surface area contributed by atoms with Gasteiger partial charge in [-0.3, -0.25) is 0 Å². The fraction of sp³-hybridized carbons (Fsp3) is 0.222. The lowest BCUT2D eigenvalue weighted by molar-refractivity contribution is 0.317. The third-order valence-electron chi connectivity index (χ3n) is 1.70. The SMILES string of the molecule is COc1ccccc1NCC(N)=NO. The predicted molar refractivity (Wildman–Crippen MR) is 54.9 cm³/mol. The van der Waals surface area contributed by atoms with Crippen molar-refractivity contribution < 1.29 is 9.94 Å². The van der Waals surface area contributed by atoms with E-state index in [1.165, 1.54) is 0 Å². The lowest BCUT2D eigenvalue weighted by Gasteiger charge is -2.09. The minimum absolute atomic E-state index is 0.121. The summed E-state index contributed by atoms with van der Waals surface area (Å²) in [5.41, 5.74) is 6.12. The van der Waals surface area contributed by atoms with Crippen molar-refractivity contribution in [1.29, 1.82) is 0 Å². The molecule has 1 aromatic carbocycles. The van der Waals surface area contributed by atoms with Gasteiger partial charge in [-0.2, -0.15) is 0 Å². The number of hydrogen-bond acceptors (Lipinski definition) is 4. The van der Waals surface area contributed by atoms with Crippen molar-refractivity contribution in [3.63, 3.8) is 0 Å². The molecule has 76 valence electrons. The summed E-state index contributed by atoms with van der Waals surface area (Å²) in [4.78, 5) is 0. The standard InChI is InChI=1S/C9H13N3O2/c1-14-8-5-3-2-4-7(8)11-6-9(10)12-13/h2-5,11,13H,6H2,1H3,(H2,10,12). The maximum Gasteiger partial charge on any atom is 0.158 e. The lowest BCUT2D eigenvalue weighted by Crippen LogP contribution is -2.22. The lowest BCUT2D eigenvalue weighted by atomic mass is 10.3. The van der Waals surface area contributed by atoms with Gasteiger partial charge in [0, 0.05) is 0 Å². The molecule has 14 heavy (non-hydrogen) atoms. The van der Waals surface area contributed by atoms with Crippen molar-refractivity contribution in [2.75, 3.05) is 19.0 Å². The fourth-order valence-electron chi connectivity index (χ4n) is 1.01. The van der Waals surface area contributed by atoms with Crippen LogP contribution in [0.1, 0.15) is 0 Å². The van der Waals surface area contributed by atoms with E-state index >= 15 is 0 Å². The second-order valence-electron chi connectivity index (χ2n) is 2.65. The summed E-state index contributed by atoms with van der Waals surface area (Å²) in [5, 5.41) is 14.2. The van der Waals surface area contributed by atoms with Crippen molar-refractivity contribution in [2.24, 2.45) is 10.9 Å². The highest BCUT2D eigenvalue weighted by molar-refractivity contribution is 5.84. The van der Waals surface area contributed by atoms with E-state index in [1.54, 1.807) is 7.11 Å². The molecule has 0 aliphatic heterocycles. The Morgan fingerprint density at radius 3 is 2.93 bits per heavy atom. The molecule has 0 unspecified atom stereocenters. The third kappa shape index (κ3) is 2.55. The summed E-state index contributed by atoms with van der Waals surface area (Å²) >= 11 is 0. The van der Waals surface area contributed by atoms with E-state index in [0.717, 1.165) is 11.4 Å². The van der Waals surface area contributed by atoms with Gasteiger partial charge in [0.05, 0.1) is 19.3 Å². The van der Waals surface area contributed by atoms with Crippen molar-refractivity contribution in [3.05, 3.63) is 24.3 Å². The topological polar surface area (TPSA) is 79.9 Å². The Bertz CT molecular complexity index is 326. The summed E-state index contributed by atoms with van der Waals surface area (Å²) in [7, 11) is 1.59. The number of para-hydroxylation sites is 2. The van der Waals surface area contributed by atoms with E-state index < -0.39 is 0 Å². The Morgan fingerprint density at radius 1 is 1.57 bits per heavy atom. The highest BCUT2D eigenvalue weighted by Gasteiger charge is 2.00. The first-order valence-corrected chi connectivity index (χ1v) is 4.11. The van der Waals surface area contributed by atoms with Crippen LogP contribution in [0.25, 0.3) is 0 Å². The molecular weight excluding hydrogens is 182 g/mol. The molecule has 0 aromatic heterocycles. The van der Waals surface area contributed by atoms with Gasteiger partial charge < -0.3 is 21.0 Å². The second-order valence-corrected chi connectivity index (χ2v) is 2.65. The number of nitrogens with two attached hydrogens (primary N) is 1. The molecule has 1 rings (SSSR count). The van der Waals surface area contributed by atoms with Crippen molar-refractivity contribution in [1.82, 2.24) is 0 Å². The molecule has 0 saturated heterocycles. The summed E-state index contributed by atoms with van der Waals surface area (Å²) < 4.78 is 5.11. The number of hydrogen-bond donors (Lipinski definition) is 3. The number of anilines is 1. The van der Waals surface area contributed by atoms with Gasteiger partial charge in [0.1, 0.15) is 5.75 Å². The largest absolute Gasteiger partial charge is 0.495 e. The van der Waals surface area contributed by atoms with Gasteiger partial charge in [0.25, 0.3) is 0 Å². The van der Waals surface area contributed by atoms with Crippen LogP contribution in [0.5, 0.6) is 5.75 Å². The summed E-state index contributed by atoms with van der Waals surface area (Å²) in [6, 6.07) is 7.42. The second kappa shape index (κ2) is 4.96. The molecule has 0 fully saturated rings. The molecule has 0 radical (unpaired) electrons. The normalized spacial score (nSPS) is 11.1. The number of methoxy groups -OCH3 is 1. The van der Waals surface area contributed by atoms with Crippen LogP contribution in [-0.2, 0) is 0 Å². The Labute approximate surface area is 82.2 Å². The first kappa shape index (κ1) is 10.2. The molecule has 0 spiro atoms. The van der Waals surface area contributed by atoms with Crippen LogP contribution < -0.4 is 15.8 Å². The molecule has 1 aromatic rings. The maximum absolute atomic E-state index is 8.33. The monoisotopic (exact) mass is 195 g/mol.